The monoisotopic (exact) mass is 440 g/mol. The molecule has 3 aromatic rings. The summed E-state index contributed by atoms with van der Waals surface area (Å²) >= 11 is 5.89. The molecule has 8 heteroatoms. The molecule has 0 unspecified atom stereocenters. The molecule has 4 rings (SSSR count). The number of fused-ring (bicyclic) bond motifs is 1. The Balaban J connectivity index is 1.38. The number of benzene rings is 2. The normalized spacial score (nSPS) is 14.0. The number of hydrogen-bond donors (Lipinski definition) is 1. The Morgan fingerprint density at radius 2 is 1.97 bits per heavy atom. The zero-order valence-corrected chi connectivity index (χ0v) is 18.4. The number of likely N-dealkylation sites (tertiary alicyclic amines) is 1. The largest absolute Gasteiger partial charge is 0.383 e. The van der Waals surface area contributed by atoms with Crippen molar-refractivity contribution in [2.24, 2.45) is 5.92 Å². The Kier molecular flexibility index (Phi) is 6.25. The third kappa shape index (κ3) is 4.73. The van der Waals surface area contributed by atoms with Crippen LogP contribution in [0.1, 0.15) is 26.3 Å². The number of halogens is 1. The summed E-state index contributed by atoms with van der Waals surface area (Å²) < 4.78 is 6.89. The topological polar surface area (TPSA) is 76.5 Å². The van der Waals surface area contributed by atoms with Gasteiger partial charge in [0.2, 0.25) is 0 Å². The summed E-state index contributed by atoms with van der Waals surface area (Å²) in [6.45, 7) is 4.99. The maximum atomic E-state index is 12.5. The van der Waals surface area contributed by atoms with E-state index >= 15 is 0 Å². The van der Waals surface area contributed by atoms with Gasteiger partial charge in [0.1, 0.15) is 0 Å². The van der Waals surface area contributed by atoms with Gasteiger partial charge in [0.25, 0.3) is 11.8 Å². The zero-order chi connectivity index (χ0) is 22.0. The quantitative estimate of drug-likeness (QED) is 0.572. The smallest absolute Gasteiger partial charge is 0.253 e. The van der Waals surface area contributed by atoms with E-state index in [4.69, 9.17) is 16.3 Å². The minimum absolute atomic E-state index is 0.0262. The summed E-state index contributed by atoms with van der Waals surface area (Å²) in [6.07, 6.45) is 1.96. The van der Waals surface area contributed by atoms with Crippen LogP contribution >= 0.6 is 11.6 Å². The van der Waals surface area contributed by atoms with Crippen LogP contribution in [-0.4, -0.2) is 59.8 Å². The molecule has 0 saturated carbocycles. The number of hydrogen-bond acceptors (Lipinski definition) is 4. The number of nitrogens with zero attached hydrogens (tertiary/aromatic N) is 3. The van der Waals surface area contributed by atoms with Crippen molar-refractivity contribution >= 4 is 34.3 Å². The van der Waals surface area contributed by atoms with Crippen molar-refractivity contribution < 1.29 is 14.3 Å². The van der Waals surface area contributed by atoms with Gasteiger partial charge in [0, 0.05) is 66.9 Å². The lowest BCUT2D eigenvalue weighted by atomic mass is 9.99. The molecule has 1 aliphatic rings. The molecule has 1 aliphatic heterocycles. The average Bonchev–Trinajstić information content (AvgIpc) is 3.11. The van der Waals surface area contributed by atoms with Crippen molar-refractivity contribution in [2.75, 3.05) is 33.4 Å². The molecule has 7 nitrogen and oxygen atoms in total. The molecule has 1 N–H and O–H groups in total. The van der Waals surface area contributed by atoms with E-state index in [1.807, 2.05) is 34.8 Å². The molecular formula is C23H25ClN4O3. The Labute approximate surface area is 185 Å². The number of amides is 2. The summed E-state index contributed by atoms with van der Waals surface area (Å²) in [5.74, 6) is 0.265. The molecule has 2 amide bonds. The van der Waals surface area contributed by atoms with Crippen molar-refractivity contribution in [3.05, 3.63) is 64.3 Å². The van der Waals surface area contributed by atoms with Crippen LogP contribution in [0.2, 0.25) is 5.02 Å². The minimum Gasteiger partial charge on any atom is -0.383 e. The maximum Gasteiger partial charge on any atom is 0.253 e. The fraction of sp³-hybridized carbons (Fsp3) is 0.348. The lowest BCUT2D eigenvalue weighted by Crippen LogP contribution is -2.51. The minimum atomic E-state index is -0.112. The summed E-state index contributed by atoms with van der Waals surface area (Å²) in [7, 11) is 1.60. The van der Waals surface area contributed by atoms with Crippen molar-refractivity contribution in [3.63, 3.8) is 0 Å². The number of methoxy groups -OCH3 is 1. The first-order chi connectivity index (χ1) is 14.9. The highest BCUT2D eigenvalue weighted by atomic mass is 35.5. The summed E-state index contributed by atoms with van der Waals surface area (Å²) in [4.78, 5) is 26.8. The van der Waals surface area contributed by atoms with Crippen LogP contribution in [0.3, 0.4) is 0 Å². The van der Waals surface area contributed by atoms with Crippen LogP contribution in [0.25, 0.3) is 10.9 Å². The molecule has 2 heterocycles. The predicted octanol–water partition coefficient (Wildman–Crippen LogP) is 3.15. The molecule has 0 radical (unpaired) electrons. The first-order valence-corrected chi connectivity index (χ1v) is 10.6. The molecule has 1 aromatic heterocycles. The number of carbonyl (C=O) groups is 2. The number of aromatic nitrogens is 2. The van der Waals surface area contributed by atoms with Gasteiger partial charge in [0.15, 0.2) is 0 Å². The lowest BCUT2D eigenvalue weighted by Gasteiger charge is -2.39. The van der Waals surface area contributed by atoms with Gasteiger partial charge in [-0.1, -0.05) is 11.6 Å². The van der Waals surface area contributed by atoms with Gasteiger partial charge in [0.05, 0.1) is 12.1 Å². The molecular weight excluding hydrogens is 416 g/mol. The van der Waals surface area contributed by atoms with E-state index in [2.05, 4.69) is 10.4 Å². The van der Waals surface area contributed by atoms with E-state index in [0.29, 0.717) is 48.3 Å². The number of rotatable bonds is 7. The molecule has 0 bridgehead atoms. The van der Waals surface area contributed by atoms with Gasteiger partial charge in [-0.05, 0) is 48.9 Å². The molecule has 0 spiro atoms. The molecule has 0 aliphatic carbocycles. The second-order valence-electron chi connectivity index (χ2n) is 7.91. The highest BCUT2D eigenvalue weighted by Crippen LogP contribution is 2.23. The van der Waals surface area contributed by atoms with Gasteiger partial charge in [-0.3, -0.25) is 14.3 Å². The second-order valence-corrected chi connectivity index (χ2v) is 8.35. The van der Waals surface area contributed by atoms with Crippen molar-refractivity contribution in [3.8, 4) is 0 Å². The van der Waals surface area contributed by atoms with Crippen LogP contribution in [0.5, 0.6) is 0 Å². The molecule has 1 fully saturated rings. The third-order valence-corrected chi connectivity index (χ3v) is 5.77. The zero-order valence-electron chi connectivity index (χ0n) is 17.6. The molecule has 0 atom stereocenters. The van der Waals surface area contributed by atoms with E-state index in [9.17, 15) is 9.59 Å². The van der Waals surface area contributed by atoms with E-state index in [1.165, 1.54) is 0 Å². The second kappa shape index (κ2) is 9.08. The van der Waals surface area contributed by atoms with Gasteiger partial charge < -0.3 is 15.0 Å². The van der Waals surface area contributed by atoms with E-state index < -0.39 is 0 Å². The maximum absolute atomic E-state index is 12.5. The molecule has 2 aromatic carbocycles. The van der Waals surface area contributed by atoms with Gasteiger partial charge in [-0.25, -0.2) is 0 Å². The van der Waals surface area contributed by atoms with Crippen LogP contribution in [0, 0.1) is 12.8 Å². The van der Waals surface area contributed by atoms with Crippen LogP contribution < -0.4 is 5.32 Å². The van der Waals surface area contributed by atoms with Crippen molar-refractivity contribution in [1.29, 1.82) is 0 Å². The van der Waals surface area contributed by atoms with Crippen molar-refractivity contribution in [2.45, 2.75) is 13.5 Å². The predicted molar refractivity (Wildman–Crippen MR) is 120 cm³/mol. The Hall–Kier alpha value is -2.90. The van der Waals surface area contributed by atoms with Crippen molar-refractivity contribution in [1.82, 2.24) is 20.0 Å². The standard InChI is InChI=1S/C23H25ClN4O3/c1-15-9-21-18(10-20(15)22(29)25-7-8-31-2)14-28(26-21)13-16-11-27(12-16)23(30)17-3-5-19(24)6-4-17/h3-6,9-10,14,16H,7-8,11-13H2,1-2H3,(H,25,29). The lowest BCUT2D eigenvalue weighted by molar-refractivity contribution is 0.0462. The summed E-state index contributed by atoms with van der Waals surface area (Å²) in [5, 5.41) is 9.06. The summed E-state index contributed by atoms with van der Waals surface area (Å²) in [5.41, 5.74) is 3.04. The SMILES string of the molecule is COCCNC(=O)c1cc2cn(CC3CN(C(=O)c4ccc(Cl)cc4)C3)nc2cc1C. The fourth-order valence-corrected chi connectivity index (χ4v) is 3.94. The number of carbonyl (C=O) groups excluding carboxylic acids is 2. The van der Waals surface area contributed by atoms with E-state index in [1.54, 1.807) is 31.4 Å². The van der Waals surface area contributed by atoms with Crippen LogP contribution in [-0.2, 0) is 11.3 Å². The van der Waals surface area contributed by atoms with Crippen LogP contribution in [0.15, 0.2) is 42.6 Å². The number of aryl methyl sites for hydroxylation is 1. The Bertz CT molecular complexity index is 1100. The third-order valence-electron chi connectivity index (χ3n) is 5.52. The Morgan fingerprint density at radius 1 is 1.23 bits per heavy atom. The number of nitrogens with one attached hydrogen (secondary N) is 1. The fourth-order valence-electron chi connectivity index (χ4n) is 3.82. The molecule has 31 heavy (non-hydrogen) atoms. The van der Waals surface area contributed by atoms with E-state index in [0.717, 1.165) is 23.0 Å². The first kappa shape index (κ1) is 21.3. The Morgan fingerprint density at radius 3 is 2.68 bits per heavy atom. The first-order valence-electron chi connectivity index (χ1n) is 10.2. The molecule has 162 valence electrons. The summed E-state index contributed by atoms with van der Waals surface area (Å²) in [6, 6.07) is 10.8. The van der Waals surface area contributed by atoms with Gasteiger partial charge in [-0.15, -0.1) is 0 Å². The number of ether oxygens (including phenoxy) is 1. The van der Waals surface area contributed by atoms with Gasteiger partial charge >= 0.3 is 0 Å². The average molecular weight is 441 g/mol. The molecule has 1 saturated heterocycles. The van der Waals surface area contributed by atoms with Gasteiger partial charge in [-0.2, -0.15) is 5.10 Å². The highest BCUT2D eigenvalue weighted by Gasteiger charge is 2.31. The van der Waals surface area contributed by atoms with E-state index in [-0.39, 0.29) is 11.8 Å². The van der Waals surface area contributed by atoms with Crippen LogP contribution in [0.4, 0.5) is 0 Å². The highest BCUT2D eigenvalue weighted by molar-refractivity contribution is 6.30.